The van der Waals surface area contributed by atoms with E-state index in [1.807, 2.05) is 19.1 Å². The number of rotatable bonds is 4. The van der Waals surface area contributed by atoms with Gasteiger partial charge in [0.15, 0.2) is 0 Å². The summed E-state index contributed by atoms with van der Waals surface area (Å²) < 4.78 is 0. The van der Waals surface area contributed by atoms with E-state index in [2.05, 4.69) is 0 Å². The molecule has 102 valence electrons. The maximum absolute atomic E-state index is 10.6. The molecule has 0 unspecified atom stereocenters. The van der Waals surface area contributed by atoms with Gasteiger partial charge in [-0.1, -0.05) is 0 Å². The van der Waals surface area contributed by atoms with Gasteiger partial charge in [0.1, 0.15) is 0 Å². The number of aryl methyl sites for hydroxylation is 1. The molecule has 4 heteroatoms. The van der Waals surface area contributed by atoms with Gasteiger partial charge in [-0.2, -0.15) is 0 Å². The Morgan fingerprint density at radius 2 is 1.42 bits per heavy atom. The molecule has 2 aromatic carbocycles. The SMILES string of the molecule is CCCc1ccccc1P(O)(O)(O)c1ccccc1. The van der Waals surface area contributed by atoms with Crippen LogP contribution in [-0.2, 0) is 6.42 Å². The molecule has 2 aromatic rings. The normalized spacial score (nSPS) is 13.8. The Labute approximate surface area is 113 Å². The van der Waals surface area contributed by atoms with E-state index in [0.29, 0.717) is 6.42 Å². The van der Waals surface area contributed by atoms with Crippen molar-refractivity contribution in [1.82, 2.24) is 0 Å². The Hall–Kier alpha value is -1.25. The molecule has 0 aliphatic heterocycles. The summed E-state index contributed by atoms with van der Waals surface area (Å²) in [5.41, 5.74) is 0.777. The summed E-state index contributed by atoms with van der Waals surface area (Å²) in [4.78, 5) is 31.7. The van der Waals surface area contributed by atoms with Gasteiger partial charge in [0.25, 0.3) is 0 Å². The van der Waals surface area contributed by atoms with Gasteiger partial charge in [-0.25, -0.2) is 0 Å². The average Bonchev–Trinajstić information content (AvgIpc) is 2.40. The van der Waals surface area contributed by atoms with E-state index in [1.54, 1.807) is 42.5 Å². The zero-order valence-corrected chi connectivity index (χ0v) is 11.8. The molecular weight excluding hydrogens is 259 g/mol. The fourth-order valence-electron chi connectivity index (χ4n) is 2.23. The summed E-state index contributed by atoms with van der Waals surface area (Å²) in [6.07, 6.45) is 1.57. The molecule has 0 atom stereocenters. The average molecular weight is 278 g/mol. The first-order valence-electron chi connectivity index (χ1n) is 6.35. The molecule has 2 rings (SSSR count). The number of hydrogen-bond acceptors (Lipinski definition) is 3. The first-order chi connectivity index (χ1) is 8.94. The Kier molecular flexibility index (Phi) is 3.75. The molecule has 0 aliphatic rings. The van der Waals surface area contributed by atoms with E-state index >= 15 is 0 Å². The van der Waals surface area contributed by atoms with Crippen molar-refractivity contribution in [1.29, 1.82) is 0 Å². The molecule has 3 nitrogen and oxygen atoms in total. The molecule has 0 aliphatic carbocycles. The van der Waals surface area contributed by atoms with Crippen LogP contribution in [0.5, 0.6) is 0 Å². The molecule has 0 amide bonds. The van der Waals surface area contributed by atoms with E-state index in [-0.39, 0.29) is 10.6 Å². The standard InChI is InChI=1S/C15H19O3P/c1-2-8-13-9-6-7-12-15(13)19(16,17,18)14-10-4-3-5-11-14/h3-7,9-12,16-18H,2,8H2,1H3. The molecular formula is C15H19O3P. The second-order valence-corrected chi connectivity index (χ2v) is 7.65. The summed E-state index contributed by atoms with van der Waals surface area (Å²) in [6.45, 7) is 2.01. The van der Waals surface area contributed by atoms with Crippen LogP contribution < -0.4 is 10.6 Å². The predicted molar refractivity (Wildman–Crippen MR) is 79.7 cm³/mol. The van der Waals surface area contributed by atoms with Crippen LogP contribution in [0.25, 0.3) is 0 Å². The number of hydrogen-bond donors (Lipinski definition) is 3. The van der Waals surface area contributed by atoms with Crippen molar-refractivity contribution in [3.63, 3.8) is 0 Å². The molecule has 19 heavy (non-hydrogen) atoms. The van der Waals surface area contributed by atoms with Crippen LogP contribution in [0.2, 0.25) is 0 Å². The van der Waals surface area contributed by atoms with Gasteiger partial charge >= 0.3 is 112 Å². The van der Waals surface area contributed by atoms with E-state index in [0.717, 1.165) is 12.0 Å². The van der Waals surface area contributed by atoms with E-state index in [9.17, 15) is 14.7 Å². The Morgan fingerprint density at radius 3 is 2.05 bits per heavy atom. The van der Waals surface area contributed by atoms with Gasteiger partial charge in [-0.15, -0.1) is 0 Å². The molecule has 0 bridgehead atoms. The second kappa shape index (κ2) is 5.03. The van der Waals surface area contributed by atoms with Crippen molar-refractivity contribution < 1.29 is 14.7 Å². The van der Waals surface area contributed by atoms with Gasteiger partial charge in [-0.3, -0.25) is 0 Å². The van der Waals surface area contributed by atoms with Crippen LogP contribution in [0, 0.1) is 0 Å². The van der Waals surface area contributed by atoms with Crippen molar-refractivity contribution >= 4 is 17.9 Å². The Morgan fingerprint density at radius 1 is 0.842 bits per heavy atom. The van der Waals surface area contributed by atoms with Crippen LogP contribution in [0.4, 0.5) is 0 Å². The summed E-state index contributed by atoms with van der Waals surface area (Å²) in [7, 11) is -5.02. The van der Waals surface area contributed by atoms with Crippen LogP contribution in [-0.4, -0.2) is 14.7 Å². The van der Waals surface area contributed by atoms with E-state index in [4.69, 9.17) is 0 Å². The molecule has 0 fully saturated rings. The minimum absolute atomic E-state index is 0.164. The second-order valence-electron chi connectivity index (χ2n) is 4.69. The van der Waals surface area contributed by atoms with E-state index in [1.165, 1.54) is 0 Å². The van der Waals surface area contributed by atoms with Crippen molar-refractivity contribution in [2.24, 2.45) is 0 Å². The van der Waals surface area contributed by atoms with Crippen molar-refractivity contribution in [2.45, 2.75) is 19.8 Å². The van der Waals surface area contributed by atoms with Crippen molar-refractivity contribution in [3.05, 3.63) is 60.2 Å². The summed E-state index contributed by atoms with van der Waals surface area (Å²) in [5.74, 6) is 0. The Balaban J connectivity index is 2.61. The van der Waals surface area contributed by atoms with Crippen LogP contribution in [0.3, 0.4) is 0 Å². The topological polar surface area (TPSA) is 60.7 Å². The van der Waals surface area contributed by atoms with E-state index < -0.39 is 7.28 Å². The number of benzene rings is 2. The molecule has 0 heterocycles. The fourth-order valence-corrected chi connectivity index (χ4v) is 4.31. The molecule has 0 radical (unpaired) electrons. The van der Waals surface area contributed by atoms with Crippen LogP contribution >= 0.6 is 7.28 Å². The van der Waals surface area contributed by atoms with Crippen LogP contribution in [0.15, 0.2) is 54.6 Å². The maximum atomic E-state index is 10.6. The summed E-state index contributed by atoms with van der Waals surface area (Å²) >= 11 is 0. The zero-order chi connectivity index (χ0) is 14.0. The van der Waals surface area contributed by atoms with Gasteiger partial charge in [0, 0.05) is 0 Å². The van der Waals surface area contributed by atoms with Gasteiger partial charge in [0.05, 0.1) is 0 Å². The molecule has 0 saturated carbocycles. The predicted octanol–water partition coefficient (Wildman–Crippen LogP) is 1.87. The quantitative estimate of drug-likeness (QED) is 0.748. The molecule has 0 saturated heterocycles. The summed E-state index contributed by atoms with van der Waals surface area (Å²) in [5, 5.41) is 0.401. The fraction of sp³-hybridized carbons (Fsp3) is 0.200. The third-order valence-corrected chi connectivity index (χ3v) is 5.76. The molecule has 0 aromatic heterocycles. The van der Waals surface area contributed by atoms with Crippen molar-refractivity contribution in [3.8, 4) is 0 Å². The monoisotopic (exact) mass is 278 g/mol. The summed E-state index contributed by atoms with van der Waals surface area (Å²) in [6, 6.07) is 15.2. The Bertz CT molecular complexity index is 558. The third kappa shape index (κ3) is 2.70. The van der Waals surface area contributed by atoms with Crippen molar-refractivity contribution in [2.75, 3.05) is 0 Å². The van der Waals surface area contributed by atoms with Crippen LogP contribution in [0.1, 0.15) is 18.9 Å². The minimum atomic E-state index is -5.02. The third-order valence-electron chi connectivity index (χ3n) is 3.19. The van der Waals surface area contributed by atoms with Gasteiger partial charge in [0.2, 0.25) is 0 Å². The molecule has 3 N–H and O–H groups in total. The van der Waals surface area contributed by atoms with Gasteiger partial charge < -0.3 is 0 Å². The molecule has 0 spiro atoms. The first-order valence-corrected chi connectivity index (χ1v) is 8.44. The zero-order valence-electron chi connectivity index (χ0n) is 10.9. The first kappa shape index (κ1) is 14.2. The van der Waals surface area contributed by atoms with Gasteiger partial charge in [-0.05, 0) is 0 Å².